The summed E-state index contributed by atoms with van der Waals surface area (Å²) in [4.78, 5) is 16.2. The summed E-state index contributed by atoms with van der Waals surface area (Å²) in [5, 5.41) is 0. The van der Waals surface area contributed by atoms with Crippen molar-refractivity contribution < 1.29 is 19.0 Å². The fourth-order valence-electron chi connectivity index (χ4n) is 5.95. The van der Waals surface area contributed by atoms with Gasteiger partial charge in [-0.15, -0.1) is 0 Å². The maximum Gasteiger partial charge on any atom is 0.311 e. The van der Waals surface area contributed by atoms with Gasteiger partial charge in [-0.25, -0.2) is 0 Å². The summed E-state index contributed by atoms with van der Waals surface area (Å²) in [6.45, 7) is 8.77. The number of carbonyl (C=O) groups is 1. The second-order valence-electron chi connectivity index (χ2n) is 11.6. The molecule has 0 aliphatic heterocycles. The van der Waals surface area contributed by atoms with Gasteiger partial charge in [0.1, 0.15) is 5.60 Å². The second-order valence-corrected chi connectivity index (χ2v) is 11.6. The van der Waals surface area contributed by atoms with Crippen molar-refractivity contribution >= 4 is 5.97 Å². The van der Waals surface area contributed by atoms with E-state index in [1.807, 2.05) is 39.0 Å². The third kappa shape index (κ3) is 7.21. The topological polar surface area (TPSA) is 48.0 Å². The molecule has 39 heavy (non-hydrogen) atoms. The summed E-state index contributed by atoms with van der Waals surface area (Å²) in [5.74, 6) is 1.43. The van der Waals surface area contributed by atoms with Gasteiger partial charge in [-0.3, -0.25) is 9.69 Å². The van der Waals surface area contributed by atoms with Crippen molar-refractivity contribution in [3.8, 4) is 11.5 Å². The minimum atomic E-state index is -0.529. The van der Waals surface area contributed by atoms with Crippen LogP contribution in [0.3, 0.4) is 0 Å². The Bertz CT molecular complexity index is 1200. The van der Waals surface area contributed by atoms with Crippen molar-refractivity contribution in [3.63, 3.8) is 0 Å². The molecule has 0 heterocycles. The molecule has 0 saturated heterocycles. The fraction of sp³-hybridized carbons (Fsp3) is 0.441. The van der Waals surface area contributed by atoms with Crippen molar-refractivity contribution in [2.75, 3.05) is 14.2 Å². The van der Waals surface area contributed by atoms with E-state index in [1.54, 1.807) is 14.2 Å². The van der Waals surface area contributed by atoms with E-state index >= 15 is 0 Å². The summed E-state index contributed by atoms with van der Waals surface area (Å²) < 4.78 is 17.1. The lowest BCUT2D eigenvalue weighted by atomic mass is 9.88. The monoisotopic (exact) mass is 529 g/mol. The van der Waals surface area contributed by atoms with Crippen LogP contribution in [0.5, 0.6) is 11.5 Å². The lowest BCUT2D eigenvalue weighted by Crippen LogP contribution is -2.47. The first kappa shape index (κ1) is 28.7. The standard InChI is InChI=1S/C34H43NO4/c1-24(27-15-11-8-12-16-27)35(23-26-17-20-30(37-5)31(22-26)38-6)32-28(21-25-13-9-7-10-14-25)18-19-29(32)33(36)39-34(2,3)4/h7-17,20,22,24,28-29,32H,18-19,21,23H2,1-6H3/t24-,28-,29-,32-/m1/s1. The van der Waals surface area contributed by atoms with Gasteiger partial charge in [-0.05, 0) is 81.7 Å². The normalized spacial score (nSPS) is 20.0. The minimum Gasteiger partial charge on any atom is -0.493 e. The summed E-state index contributed by atoms with van der Waals surface area (Å²) in [6, 6.07) is 27.4. The summed E-state index contributed by atoms with van der Waals surface area (Å²) >= 11 is 0. The maximum absolute atomic E-state index is 13.7. The van der Waals surface area contributed by atoms with Gasteiger partial charge in [0.25, 0.3) is 0 Å². The number of rotatable bonds is 10. The number of nitrogens with zero attached hydrogens (tertiary/aromatic N) is 1. The Hall–Kier alpha value is -3.31. The Morgan fingerprint density at radius 2 is 1.51 bits per heavy atom. The number of ether oxygens (including phenoxy) is 3. The van der Waals surface area contributed by atoms with Gasteiger partial charge in [0.15, 0.2) is 11.5 Å². The van der Waals surface area contributed by atoms with Crippen LogP contribution in [-0.4, -0.2) is 36.7 Å². The van der Waals surface area contributed by atoms with Gasteiger partial charge < -0.3 is 14.2 Å². The smallest absolute Gasteiger partial charge is 0.311 e. The minimum absolute atomic E-state index is 0.0170. The molecule has 0 N–H and O–H groups in total. The SMILES string of the molecule is COc1ccc(CN([C@@H]2[C@@H](Cc3ccccc3)CC[C@H]2C(=O)OC(C)(C)C)[C@H](C)c2ccccc2)cc1OC. The molecule has 4 rings (SSSR count). The average molecular weight is 530 g/mol. The lowest BCUT2D eigenvalue weighted by Gasteiger charge is -2.41. The summed E-state index contributed by atoms with van der Waals surface area (Å²) in [6.07, 6.45) is 2.73. The quantitative estimate of drug-likeness (QED) is 0.259. The van der Waals surface area contributed by atoms with Crippen molar-refractivity contribution in [1.82, 2.24) is 4.90 Å². The zero-order valence-electron chi connectivity index (χ0n) is 24.2. The fourth-order valence-corrected chi connectivity index (χ4v) is 5.95. The van der Waals surface area contributed by atoms with Crippen molar-refractivity contribution in [1.29, 1.82) is 0 Å². The molecule has 0 bridgehead atoms. The maximum atomic E-state index is 13.7. The number of benzene rings is 3. The highest BCUT2D eigenvalue weighted by atomic mass is 16.6. The van der Waals surface area contributed by atoms with Crippen LogP contribution >= 0.6 is 0 Å². The predicted molar refractivity (Wildman–Crippen MR) is 156 cm³/mol. The average Bonchev–Trinajstić information content (AvgIpc) is 3.34. The van der Waals surface area contributed by atoms with E-state index in [2.05, 4.69) is 72.5 Å². The molecule has 4 atom stereocenters. The van der Waals surface area contributed by atoms with Crippen LogP contribution in [0, 0.1) is 11.8 Å². The van der Waals surface area contributed by atoms with Crippen LogP contribution < -0.4 is 9.47 Å². The van der Waals surface area contributed by atoms with Gasteiger partial charge in [-0.1, -0.05) is 66.7 Å². The summed E-state index contributed by atoms with van der Waals surface area (Å²) in [7, 11) is 3.32. The molecule has 1 fully saturated rings. The molecule has 0 unspecified atom stereocenters. The van der Waals surface area contributed by atoms with Gasteiger partial charge in [0.05, 0.1) is 20.1 Å². The Morgan fingerprint density at radius 3 is 2.13 bits per heavy atom. The van der Waals surface area contributed by atoms with E-state index in [0.717, 1.165) is 24.8 Å². The molecule has 1 aliphatic rings. The predicted octanol–water partition coefficient (Wildman–Crippen LogP) is 7.25. The highest BCUT2D eigenvalue weighted by molar-refractivity contribution is 5.74. The zero-order chi connectivity index (χ0) is 28.0. The van der Waals surface area contributed by atoms with Gasteiger partial charge in [0.2, 0.25) is 0 Å². The first-order chi connectivity index (χ1) is 18.7. The van der Waals surface area contributed by atoms with Crippen LogP contribution in [0.15, 0.2) is 78.9 Å². The molecular weight excluding hydrogens is 486 g/mol. The van der Waals surface area contributed by atoms with Crippen molar-refractivity contribution in [2.24, 2.45) is 11.8 Å². The van der Waals surface area contributed by atoms with Crippen LogP contribution in [0.25, 0.3) is 0 Å². The van der Waals surface area contributed by atoms with E-state index in [9.17, 15) is 4.79 Å². The van der Waals surface area contributed by atoms with Crippen molar-refractivity contribution in [3.05, 3.63) is 95.6 Å². The number of esters is 1. The molecule has 3 aromatic carbocycles. The third-order valence-electron chi connectivity index (χ3n) is 7.77. The molecule has 1 saturated carbocycles. The highest BCUT2D eigenvalue weighted by Crippen LogP contribution is 2.43. The van der Waals surface area contributed by atoms with Gasteiger partial charge >= 0.3 is 5.97 Å². The van der Waals surface area contributed by atoms with Crippen LogP contribution in [0.2, 0.25) is 0 Å². The first-order valence-corrected chi connectivity index (χ1v) is 14.0. The molecule has 3 aromatic rings. The van der Waals surface area contributed by atoms with E-state index in [1.165, 1.54) is 11.1 Å². The first-order valence-electron chi connectivity index (χ1n) is 14.0. The molecule has 208 valence electrons. The van der Waals surface area contributed by atoms with Crippen LogP contribution in [0.1, 0.15) is 63.3 Å². The molecule has 0 radical (unpaired) electrons. The second kappa shape index (κ2) is 12.7. The molecule has 0 spiro atoms. The van der Waals surface area contributed by atoms with Gasteiger partial charge in [0, 0.05) is 18.6 Å². The third-order valence-corrected chi connectivity index (χ3v) is 7.77. The Balaban J connectivity index is 1.76. The number of hydrogen-bond acceptors (Lipinski definition) is 5. The lowest BCUT2D eigenvalue weighted by molar-refractivity contribution is -0.162. The molecule has 0 aromatic heterocycles. The molecule has 5 heteroatoms. The van der Waals surface area contributed by atoms with E-state index in [-0.39, 0.29) is 24.0 Å². The molecule has 1 aliphatic carbocycles. The van der Waals surface area contributed by atoms with E-state index in [4.69, 9.17) is 14.2 Å². The van der Waals surface area contributed by atoms with E-state index in [0.29, 0.717) is 24.0 Å². The van der Waals surface area contributed by atoms with Crippen molar-refractivity contribution in [2.45, 2.75) is 71.2 Å². The Morgan fingerprint density at radius 1 is 0.872 bits per heavy atom. The van der Waals surface area contributed by atoms with Crippen LogP contribution in [0.4, 0.5) is 0 Å². The molecular formula is C34H43NO4. The Labute approximate surface area is 234 Å². The Kier molecular flexibility index (Phi) is 9.34. The van der Waals surface area contributed by atoms with E-state index < -0.39 is 5.60 Å². The number of carbonyl (C=O) groups excluding carboxylic acids is 1. The van der Waals surface area contributed by atoms with Crippen LogP contribution in [-0.2, 0) is 22.5 Å². The highest BCUT2D eigenvalue weighted by Gasteiger charge is 2.46. The summed E-state index contributed by atoms with van der Waals surface area (Å²) in [5.41, 5.74) is 3.11. The zero-order valence-corrected chi connectivity index (χ0v) is 24.2. The number of methoxy groups -OCH3 is 2. The largest absolute Gasteiger partial charge is 0.493 e. The molecule has 0 amide bonds. The number of hydrogen-bond donors (Lipinski definition) is 0. The molecule has 5 nitrogen and oxygen atoms in total. The van der Waals surface area contributed by atoms with Gasteiger partial charge in [-0.2, -0.15) is 0 Å².